The molecule has 7 nitrogen and oxygen atoms in total. The number of hydrogen-bond acceptors (Lipinski definition) is 6. The minimum absolute atomic E-state index is 0.159. The summed E-state index contributed by atoms with van der Waals surface area (Å²) < 4.78 is 46.7. The molecule has 10 heteroatoms. The number of aromatic nitrogens is 2. The SMILES string of the molecule is Cn1ccnc1CNC1COC(CN2CCN(c3cccc(C(F)(F)F)c3)CC2)C1O. The Morgan fingerprint density at radius 1 is 1.23 bits per heavy atom. The molecule has 3 atom stereocenters. The van der Waals surface area contributed by atoms with Gasteiger partial charge in [-0.25, -0.2) is 4.98 Å². The van der Waals surface area contributed by atoms with Crippen LogP contribution in [0.2, 0.25) is 0 Å². The van der Waals surface area contributed by atoms with Gasteiger partial charge in [0.05, 0.1) is 37.0 Å². The predicted molar refractivity (Wildman–Crippen MR) is 110 cm³/mol. The van der Waals surface area contributed by atoms with Crippen molar-refractivity contribution in [2.75, 3.05) is 44.2 Å². The molecule has 31 heavy (non-hydrogen) atoms. The average Bonchev–Trinajstić information content (AvgIpc) is 3.32. The quantitative estimate of drug-likeness (QED) is 0.711. The Balaban J connectivity index is 1.25. The summed E-state index contributed by atoms with van der Waals surface area (Å²) in [6, 6.07) is 5.31. The Bertz CT molecular complexity index is 867. The van der Waals surface area contributed by atoms with Crippen LogP contribution in [0.25, 0.3) is 0 Å². The molecule has 170 valence electrons. The van der Waals surface area contributed by atoms with Crippen LogP contribution in [0.1, 0.15) is 11.4 Å². The van der Waals surface area contributed by atoms with Crippen LogP contribution in [0, 0.1) is 0 Å². The van der Waals surface area contributed by atoms with E-state index in [0.717, 1.165) is 11.9 Å². The maximum Gasteiger partial charge on any atom is 0.416 e. The molecule has 2 saturated heterocycles. The van der Waals surface area contributed by atoms with Gasteiger partial charge in [-0.05, 0) is 18.2 Å². The lowest BCUT2D eigenvalue weighted by molar-refractivity contribution is -0.137. The second-order valence-corrected chi connectivity index (χ2v) is 8.14. The van der Waals surface area contributed by atoms with Gasteiger partial charge >= 0.3 is 6.18 Å². The third-order valence-corrected chi connectivity index (χ3v) is 6.08. The van der Waals surface area contributed by atoms with Gasteiger partial charge in [-0.15, -0.1) is 0 Å². The number of aliphatic hydroxyl groups excluding tert-OH is 1. The number of benzene rings is 1. The van der Waals surface area contributed by atoms with Crippen molar-refractivity contribution in [2.24, 2.45) is 7.05 Å². The zero-order chi connectivity index (χ0) is 22.0. The van der Waals surface area contributed by atoms with E-state index in [2.05, 4.69) is 15.2 Å². The number of rotatable bonds is 6. The Kier molecular flexibility index (Phi) is 6.52. The number of halogens is 3. The molecule has 0 spiro atoms. The molecule has 2 aliphatic heterocycles. The van der Waals surface area contributed by atoms with Crippen molar-refractivity contribution in [1.82, 2.24) is 19.8 Å². The van der Waals surface area contributed by atoms with Crippen molar-refractivity contribution in [1.29, 1.82) is 0 Å². The first-order chi connectivity index (χ1) is 14.8. The number of nitrogens with one attached hydrogen (secondary N) is 1. The maximum atomic E-state index is 13.0. The normalized spacial score (nSPS) is 25.3. The van der Waals surface area contributed by atoms with E-state index >= 15 is 0 Å². The van der Waals surface area contributed by atoms with Crippen molar-refractivity contribution >= 4 is 5.69 Å². The first-order valence-electron chi connectivity index (χ1n) is 10.4. The van der Waals surface area contributed by atoms with Crippen molar-refractivity contribution < 1.29 is 23.0 Å². The van der Waals surface area contributed by atoms with E-state index in [9.17, 15) is 18.3 Å². The monoisotopic (exact) mass is 439 g/mol. The van der Waals surface area contributed by atoms with E-state index in [-0.39, 0.29) is 12.1 Å². The lowest BCUT2D eigenvalue weighted by atomic mass is 10.1. The van der Waals surface area contributed by atoms with Crippen molar-refractivity contribution in [2.45, 2.75) is 31.0 Å². The van der Waals surface area contributed by atoms with Crippen LogP contribution in [0.3, 0.4) is 0 Å². The molecule has 2 aromatic rings. The number of nitrogens with zero attached hydrogens (tertiary/aromatic N) is 4. The summed E-state index contributed by atoms with van der Waals surface area (Å²) >= 11 is 0. The van der Waals surface area contributed by atoms with E-state index < -0.39 is 17.8 Å². The van der Waals surface area contributed by atoms with E-state index in [0.29, 0.717) is 51.6 Å². The topological polar surface area (TPSA) is 65.8 Å². The summed E-state index contributed by atoms with van der Waals surface area (Å²) in [5, 5.41) is 14.0. The molecule has 3 unspecified atom stereocenters. The molecular weight excluding hydrogens is 411 g/mol. The fourth-order valence-corrected chi connectivity index (χ4v) is 4.14. The van der Waals surface area contributed by atoms with Crippen LogP contribution in [-0.2, 0) is 24.5 Å². The first-order valence-corrected chi connectivity index (χ1v) is 10.4. The second-order valence-electron chi connectivity index (χ2n) is 8.14. The van der Waals surface area contributed by atoms with E-state index in [1.54, 1.807) is 12.3 Å². The molecular formula is C21H28F3N5O2. The molecule has 1 aromatic carbocycles. The Morgan fingerprint density at radius 3 is 2.68 bits per heavy atom. The lowest BCUT2D eigenvalue weighted by Gasteiger charge is -2.37. The summed E-state index contributed by atoms with van der Waals surface area (Å²) in [6.07, 6.45) is -1.64. The predicted octanol–water partition coefficient (Wildman–Crippen LogP) is 1.48. The Hall–Kier alpha value is -2.14. The molecule has 2 fully saturated rings. The van der Waals surface area contributed by atoms with E-state index in [1.165, 1.54) is 12.1 Å². The van der Waals surface area contributed by atoms with Gasteiger partial charge < -0.3 is 24.6 Å². The lowest BCUT2D eigenvalue weighted by Crippen LogP contribution is -2.51. The Labute approximate surface area is 179 Å². The molecule has 0 amide bonds. The van der Waals surface area contributed by atoms with Gasteiger partial charge in [-0.1, -0.05) is 6.07 Å². The summed E-state index contributed by atoms with van der Waals surface area (Å²) in [7, 11) is 1.92. The highest BCUT2D eigenvalue weighted by Crippen LogP contribution is 2.32. The Morgan fingerprint density at radius 2 is 2.00 bits per heavy atom. The van der Waals surface area contributed by atoms with Crippen molar-refractivity contribution in [3.8, 4) is 0 Å². The molecule has 3 heterocycles. The standard InChI is InChI=1S/C21H28F3N5O2/c1-27-6-5-25-19(27)12-26-17-14-31-18(20(17)30)13-28-7-9-29(10-8-28)16-4-2-3-15(11-16)21(22,23)24/h2-6,11,17-18,20,26,30H,7-10,12-14H2,1H3. The third kappa shape index (κ3) is 5.20. The number of anilines is 1. The van der Waals surface area contributed by atoms with Crippen molar-refractivity contribution in [3.63, 3.8) is 0 Å². The number of ether oxygens (including phenoxy) is 1. The molecule has 0 aliphatic carbocycles. The number of hydrogen-bond donors (Lipinski definition) is 2. The largest absolute Gasteiger partial charge is 0.416 e. The summed E-state index contributed by atoms with van der Waals surface area (Å²) in [5.74, 6) is 0.890. The van der Waals surface area contributed by atoms with Crippen LogP contribution >= 0.6 is 0 Å². The van der Waals surface area contributed by atoms with Crippen LogP contribution in [0.5, 0.6) is 0 Å². The molecule has 1 aromatic heterocycles. The van der Waals surface area contributed by atoms with Gasteiger partial charge in [-0.2, -0.15) is 13.2 Å². The zero-order valence-corrected chi connectivity index (χ0v) is 17.4. The second kappa shape index (κ2) is 9.15. The van der Waals surface area contributed by atoms with E-state index in [1.807, 2.05) is 22.7 Å². The van der Waals surface area contributed by atoms with Crippen LogP contribution in [0.15, 0.2) is 36.7 Å². The minimum Gasteiger partial charge on any atom is -0.389 e. The van der Waals surface area contributed by atoms with Crippen LogP contribution in [-0.4, -0.2) is 77.1 Å². The zero-order valence-electron chi connectivity index (χ0n) is 17.4. The molecule has 0 bridgehead atoms. The highest BCUT2D eigenvalue weighted by molar-refractivity contribution is 5.49. The highest BCUT2D eigenvalue weighted by Gasteiger charge is 2.37. The van der Waals surface area contributed by atoms with Crippen LogP contribution < -0.4 is 10.2 Å². The maximum absolute atomic E-state index is 13.0. The summed E-state index contributed by atoms with van der Waals surface area (Å²) in [5.41, 5.74) is -0.0378. The number of aliphatic hydroxyl groups is 1. The number of alkyl halides is 3. The molecule has 0 radical (unpaired) electrons. The minimum atomic E-state index is -4.34. The van der Waals surface area contributed by atoms with E-state index in [4.69, 9.17) is 4.74 Å². The average molecular weight is 439 g/mol. The van der Waals surface area contributed by atoms with Gasteiger partial charge in [0.25, 0.3) is 0 Å². The number of imidazole rings is 1. The molecule has 4 rings (SSSR count). The van der Waals surface area contributed by atoms with Gasteiger partial charge in [-0.3, -0.25) is 4.90 Å². The number of aryl methyl sites for hydroxylation is 1. The number of piperazine rings is 1. The third-order valence-electron chi connectivity index (χ3n) is 6.08. The van der Waals surface area contributed by atoms with Gasteiger partial charge in [0.2, 0.25) is 0 Å². The van der Waals surface area contributed by atoms with Crippen molar-refractivity contribution in [3.05, 3.63) is 48.0 Å². The van der Waals surface area contributed by atoms with Crippen LogP contribution in [0.4, 0.5) is 18.9 Å². The fraction of sp³-hybridized carbons (Fsp3) is 0.571. The first kappa shape index (κ1) is 22.1. The smallest absolute Gasteiger partial charge is 0.389 e. The summed E-state index contributed by atoms with van der Waals surface area (Å²) in [4.78, 5) is 8.43. The van der Waals surface area contributed by atoms with Gasteiger partial charge in [0.1, 0.15) is 5.82 Å². The fourth-order valence-electron chi connectivity index (χ4n) is 4.14. The molecule has 2 N–H and O–H groups in total. The van der Waals surface area contributed by atoms with Gasteiger partial charge in [0, 0.05) is 57.9 Å². The van der Waals surface area contributed by atoms with Gasteiger partial charge in [0.15, 0.2) is 0 Å². The highest BCUT2D eigenvalue weighted by atomic mass is 19.4. The molecule has 0 saturated carbocycles. The molecule has 2 aliphatic rings. The summed E-state index contributed by atoms with van der Waals surface area (Å²) in [6.45, 7) is 4.24.